The quantitative estimate of drug-likeness (QED) is 0.613. The normalized spacial score (nSPS) is 11.1. The highest BCUT2D eigenvalue weighted by Crippen LogP contribution is 2.12. The summed E-state index contributed by atoms with van der Waals surface area (Å²) in [5.41, 5.74) is 1.96. The Morgan fingerprint density at radius 1 is 1.04 bits per heavy atom. The van der Waals surface area contributed by atoms with Crippen molar-refractivity contribution in [3.05, 3.63) is 65.7 Å². The van der Waals surface area contributed by atoms with Crippen LogP contribution in [0.5, 0.6) is 5.75 Å². The molecule has 3 nitrogen and oxygen atoms in total. The number of hydrogen-bond donors (Lipinski definition) is 1. The summed E-state index contributed by atoms with van der Waals surface area (Å²) in [6.07, 6.45) is 1.65. The van der Waals surface area contributed by atoms with Gasteiger partial charge in [-0.1, -0.05) is 43.9 Å². The van der Waals surface area contributed by atoms with E-state index in [1.165, 1.54) is 0 Å². The number of ether oxygens (including phenoxy) is 1. The number of carbonyl (C=O) groups excluding carboxylic acids is 1. The highest BCUT2D eigenvalue weighted by molar-refractivity contribution is 5.78. The molecule has 0 fully saturated rings. The Labute approximate surface area is 150 Å². The second-order valence-corrected chi connectivity index (χ2v) is 5.94. The first-order valence-corrected chi connectivity index (χ1v) is 8.76. The van der Waals surface area contributed by atoms with Crippen LogP contribution in [0.25, 0.3) is 0 Å². The summed E-state index contributed by atoms with van der Waals surface area (Å²) in [6.45, 7) is 5.18. The van der Waals surface area contributed by atoms with Gasteiger partial charge in [0.05, 0.1) is 6.61 Å². The van der Waals surface area contributed by atoms with E-state index < -0.39 is 0 Å². The van der Waals surface area contributed by atoms with Crippen molar-refractivity contribution in [1.82, 2.24) is 5.32 Å². The van der Waals surface area contributed by atoms with Crippen LogP contribution in [-0.2, 0) is 4.79 Å². The van der Waals surface area contributed by atoms with Gasteiger partial charge in [0.25, 0.3) is 0 Å². The molecule has 0 aromatic heterocycles. The van der Waals surface area contributed by atoms with E-state index >= 15 is 0 Å². The molecule has 1 amide bonds. The number of amides is 1. The molecular weight excluding hydrogens is 310 g/mol. The van der Waals surface area contributed by atoms with Crippen molar-refractivity contribution >= 4 is 5.91 Å². The van der Waals surface area contributed by atoms with Crippen LogP contribution in [0, 0.1) is 17.8 Å². The highest BCUT2D eigenvalue weighted by atomic mass is 16.5. The van der Waals surface area contributed by atoms with Gasteiger partial charge in [-0.3, -0.25) is 4.79 Å². The SMILES string of the molecule is CCC(C)C(=O)NCCCOc1ccc(C#Cc2ccccc2)cc1. The minimum absolute atomic E-state index is 0.0745. The van der Waals surface area contributed by atoms with Gasteiger partial charge in [-0.05, 0) is 49.2 Å². The van der Waals surface area contributed by atoms with Gasteiger partial charge in [0.2, 0.25) is 5.91 Å². The first-order valence-electron chi connectivity index (χ1n) is 8.76. The summed E-state index contributed by atoms with van der Waals surface area (Å²) < 4.78 is 5.69. The maximum atomic E-state index is 11.6. The molecule has 1 N–H and O–H groups in total. The molecule has 1 atom stereocenters. The van der Waals surface area contributed by atoms with Gasteiger partial charge in [-0.25, -0.2) is 0 Å². The monoisotopic (exact) mass is 335 g/mol. The Kier molecular flexibility index (Phi) is 7.59. The predicted molar refractivity (Wildman–Crippen MR) is 101 cm³/mol. The van der Waals surface area contributed by atoms with Crippen molar-refractivity contribution in [3.63, 3.8) is 0 Å². The lowest BCUT2D eigenvalue weighted by molar-refractivity contribution is -0.124. The van der Waals surface area contributed by atoms with E-state index in [1.54, 1.807) is 0 Å². The van der Waals surface area contributed by atoms with Gasteiger partial charge in [0.15, 0.2) is 0 Å². The Hall–Kier alpha value is -2.73. The van der Waals surface area contributed by atoms with Crippen molar-refractivity contribution in [1.29, 1.82) is 0 Å². The fourth-order valence-electron chi connectivity index (χ4n) is 2.13. The van der Waals surface area contributed by atoms with Crippen molar-refractivity contribution in [3.8, 4) is 17.6 Å². The molecule has 0 aliphatic rings. The van der Waals surface area contributed by atoms with Crippen molar-refractivity contribution < 1.29 is 9.53 Å². The Morgan fingerprint density at radius 3 is 2.32 bits per heavy atom. The third kappa shape index (κ3) is 6.73. The molecule has 2 aromatic carbocycles. The number of nitrogens with one attached hydrogen (secondary N) is 1. The topological polar surface area (TPSA) is 38.3 Å². The molecule has 0 heterocycles. The number of carbonyl (C=O) groups is 1. The maximum absolute atomic E-state index is 11.6. The second-order valence-electron chi connectivity index (χ2n) is 5.94. The van der Waals surface area contributed by atoms with Crippen molar-refractivity contribution in [2.24, 2.45) is 5.92 Å². The molecule has 1 unspecified atom stereocenters. The zero-order valence-electron chi connectivity index (χ0n) is 14.9. The molecule has 0 aliphatic carbocycles. The molecule has 25 heavy (non-hydrogen) atoms. The molecule has 0 saturated carbocycles. The summed E-state index contributed by atoms with van der Waals surface area (Å²) in [5.74, 6) is 7.28. The minimum Gasteiger partial charge on any atom is -0.494 e. The Balaban J connectivity index is 1.72. The van der Waals surface area contributed by atoms with E-state index in [9.17, 15) is 4.79 Å². The van der Waals surface area contributed by atoms with Crippen LogP contribution in [-0.4, -0.2) is 19.1 Å². The smallest absolute Gasteiger partial charge is 0.222 e. The molecule has 0 spiro atoms. The Morgan fingerprint density at radius 2 is 1.68 bits per heavy atom. The van der Waals surface area contributed by atoms with Crippen LogP contribution in [0.4, 0.5) is 0 Å². The third-order valence-electron chi connectivity index (χ3n) is 3.93. The van der Waals surface area contributed by atoms with Gasteiger partial charge < -0.3 is 10.1 Å². The van der Waals surface area contributed by atoms with Gasteiger partial charge in [-0.2, -0.15) is 0 Å². The van der Waals surface area contributed by atoms with Crippen LogP contribution < -0.4 is 10.1 Å². The van der Waals surface area contributed by atoms with Crippen LogP contribution in [0.3, 0.4) is 0 Å². The standard InChI is InChI=1S/C22H25NO2/c1-3-18(2)22(24)23-16-7-17-25-21-14-12-20(13-15-21)11-10-19-8-5-4-6-9-19/h4-6,8-9,12-15,18H,3,7,16-17H2,1-2H3,(H,23,24). The summed E-state index contributed by atoms with van der Waals surface area (Å²) in [5, 5.41) is 2.92. The molecule has 3 heteroatoms. The molecule has 0 saturated heterocycles. The van der Waals surface area contributed by atoms with E-state index in [4.69, 9.17) is 4.74 Å². The summed E-state index contributed by atoms with van der Waals surface area (Å²) in [7, 11) is 0. The van der Waals surface area contributed by atoms with Gasteiger partial charge >= 0.3 is 0 Å². The summed E-state index contributed by atoms with van der Waals surface area (Å²) >= 11 is 0. The van der Waals surface area contributed by atoms with Gasteiger partial charge in [0.1, 0.15) is 5.75 Å². The lowest BCUT2D eigenvalue weighted by Gasteiger charge is -2.10. The van der Waals surface area contributed by atoms with Crippen molar-refractivity contribution in [2.45, 2.75) is 26.7 Å². The van der Waals surface area contributed by atoms with Gasteiger partial charge in [0, 0.05) is 23.6 Å². The lowest BCUT2D eigenvalue weighted by Crippen LogP contribution is -2.30. The lowest BCUT2D eigenvalue weighted by atomic mass is 10.1. The molecule has 0 aliphatic heterocycles. The molecule has 2 aromatic rings. The van der Waals surface area contributed by atoms with Crippen LogP contribution >= 0.6 is 0 Å². The Bertz CT molecular complexity index is 711. The zero-order chi connectivity index (χ0) is 17.9. The molecule has 130 valence electrons. The largest absolute Gasteiger partial charge is 0.494 e. The second kappa shape index (κ2) is 10.2. The zero-order valence-corrected chi connectivity index (χ0v) is 14.9. The third-order valence-corrected chi connectivity index (χ3v) is 3.93. The average Bonchev–Trinajstić information content (AvgIpc) is 2.67. The van der Waals surface area contributed by atoms with Crippen molar-refractivity contribution in [2.75, 3.05) is 13.2 Å². The van der Waals surface area contributed by atoms with E-state index in [2.05, 4.69) is 17.2 Å². The summed E-state index contributed by atoms with van der Waals surface area (Å²) in [4.78, 5) is 11.6. The van der Waals surface area contributed by atoms with E-state index in [1.807, 2.05) is 68.4 Å². The highest BCUT2D eigenvalue weighted by Gasteiger charge is 2.08. The molecule has 0 bridgehead atoms. The molecule has 2 rings (SSSR count). The first-order chi connectivity index (χ1) is 12.2. The van der Waals surface area contributed by atoms with Crippen LogP contribution in [0.2, 0.25) is 0 Å². The first kappa shape index (κ1) is 18.6. The van der Waals surface area contributed by atoms with Gasteiger partial charge in [-0.15, -0.1) is 0 Å². The minimum atomic E-state index is 0.0745. The van der Waals surface area contributed by atoms with E-state index in [0.29, 0.717) is 13.2 Å². The van der Waals surface area contributed by atoms with Crippen LogP contribution in [0.1, 0.15) is 37.8 Å². The molecule has 0 radical (unpaired) electrons. The number of rotatable bonds is 7. The van der Waals surface area contributed by atoms with Crippen LogP contribution in [0.15, 0.2) is 54.6 Å². The van der Waals surface area contributed by atoms with E-state index in [0.717, 1.165) is 29.7 Å². The fraction of sp³-hybridized carbons (Fsp3) is 0.318. The average molecular weight is 335 g/mol. The predicted octanol–water partition coefficient (Wildman–Crippen LogP) is 4.02. The maximum Gasteiger partial charge on any atom is 0.222 e. The number of hydrogen-bond acceptors (Lipinski definition) is 2. The van der Waals surface area contributed by atoms with E-state index in [-0.39, 0.29) is 11.8 Å². The number of benzene rings is 2. The summed E-state index contributed by atoms with van der Waals surface area (Å²) in [6, 6.07) is 17.7. The molecular formula is C22H25NO2. The fourth-order valence-corrected chi connectivity index (χ4v) is 2.13.